The minimum Gasteiger partial charge on any atom is -0.340 e. The molecule has 2 aliphatic heterocycles. The van der Waals surface area contributed by atoms with Crippen LogP contribution in [0.25, 0.3) is 0 Å². The molecule has 2 aromatic rings. The van der Waals surface area contributed by atoms with Gasteiger partial charge in [0.1, 0.15) is 5.82 Å². The summed E-state index contributed by atoms with van der Waals surface area (Å²) in [4.78, 5) is 15.8. The highest BCUT2D eigenvalue weighted by molar-refractivity contribution is 5.86. The fourth-order valence-electron chi connectivity index (χ4n) is 3.14. The Balaban J connectivity index is 1.58. The smallest absolute Gasteiger partial charge is 0.227 e. The molecular weight excluding hydrogens is 300 g/mol. The fourth-order valence-corrected chi connectivity index (χ4v) is 3.14. The fraction of sp³-hybridized carbons (Fsp3) is 0.389. The third-order valence-corrected chi connectivity index (χ3v) is 4.51. The molecule has 1 aromatic heterocycles. The van der Waals surface area contributed by atoms with E-state index in [0.717, 1.165) is 49.2 Å². The van der Waals surface area contributed by atoms with Crippen molar-refractivity contribution in [2.75, 3.05) is 29.9 Å². The predicted octanol–water partition coefficient (Wildman–Crippen LogP) is 2.26. The number of aromatic nitrogens is 2. The van der Waals surface area contributed by atoms with E-state index in [1.54, 1.807) is 0 Å². The van der Waals surface area contributed by atoms with Gasteiger partial charge in [-0.3, -0.25) is 4.99 Å². The van der Waals surface area contributed by atoms with Crippen molar-refractivity contribution < 1.29 is 0 Å². The van der Waals surface area contributed by atoms with E-state index in [0.29, 0.717) is 6.04 Å². The van der Waals surface area contributed by atoms with Crippen molar-refractivity contribution in [3.63, 3.8) is 0 Å². The van der Waals surface area contributed by atoms with Gasteiger partial charge in [0.05, 0.1) is 6.54 Å². The molecule has 0 amide bonds. The van der Waals surface area contributed by atoms with Gasteiger partial charge in [-0.15, -0.1) is 0 Å². The van der Waals surface area contributed by atoms with Gasteiger partial charge < -0.3 is 15.5 Å². The zero-order valence-corrected chi connectivity index (χ0v) is 14.1. The Labute approximate surface area is 142 Å². The molecule has 0 aliphatic carbocycles. The van der Waals surface area contributed by atoms with Gasteiger partial charge >= 0.3 is 0 Å². The third kappa shape index (κ3) is 2.97. The lowest BCUT2D eigenvalue weighted by Gasteiger charge is -2.32. The number of aliphatic imine (C=N–C) groups is 1. The number of nitrogens with zero attached hydrogens (tertiary/aromatic N) is 4. The lowest BCUT2D eigenvalue weighted by molar-refractivity contribution is 0.479. The molecule has 3 heterocycles. The second-order valence-electron chi connectivity index (χ2n) is 6.51. The molecule has 1 fully saturated rings. The van der Waals surface area contributed by atoms with E-state index in [9.17, 15) is 0 Å². The van der Waals surface area contributed by atoms with Crippen LogP contribution in [0.15, 0.2) is 29.4 Å². The first-order chi connectivity index (χ1) is 11.7. The number of fused-ring (bicyclic) bond motifs is 1. The molecule has 24 heavy (non-hydrogen) atoms. The van der Waals surface area contributed by atoms with Gasteiger partial charge in [0.15, 0.2) is 0 Å². The largest absolute Gasteiger partial charge is 0.340 e. The van der Waals surface area contributed by atoms with Crippen molar-refractivity contribution in [3.8, 4) is 0 Å². The van der Waals surface area contributed by atoms with Crippen LogP contribution in [0.4, 0.5) is 17.5 Å². The van der Waals surface area contributed by atoms with Gasteiger partial charge in [-0.05, 0) is 37.1 Å². The van der Waals surface area contributed by atoms with Crippen LogP contribution in [-0.2, 0) is 6.54 Å². The van der Waals surface area contributed by atoms with Gasteiger partial charge in [-0.25, -0.2) is 4.98 Å². The molecule has 1 aromatic carbocycles. The Morgan fingerprint density at radius 3 is 3.12 bits per heavy atom. The van der Waals surface area contributed by atoms with E-state index < -0.39 is 0 Å². The first kappa shape index (κ1) is 15.1. The molecule has 0 spiro atoms. The van der Waals surface area contributed by atoms with E-state index in [-0.39, 0.29) is 0 Å². The highest BCUT2D eigenvalue weighted by atomic mass is 15.3. The van der Waals surface area contributed by atoms with Crippen LogP contribution in [0.3, 0.4) is 0 Å². The van der Waals surface area contributed by atoms with E-state index in [4.69, 9.17) is 4.98 Å². The van der Waals surface area contributed by atoms with Crippen molar-refractivity contribution in [1.29, 1.82) is 0 Å². The highest BCUT2D eigenvalue weighted by Crippen LogP contribution is 2.24. The Hall–Kier alpha value is -2.47. The Morgan fingerprint density at radius 1 is 1.33 bits per heavy atom. The van der Waals surface area contributed by atoms with Crippen LogP contribution in [0, 0.1) is 6.92 Å². The van der Waals surface area contributed by atoms with Crippen LogP contribution in [0.1, 0.15) is 23.6 Å². The molecule has 0 saturated carbocycles. The van der Waals surface area contributed by atoms with E-state index in [1.807, 2.05) is 19.3 Å². The van der Waals surface area contributed by atoms with Crippen molar-refractivity contribution >= 4 is 23.7 Å². The summed E-state index contributed by atoms with van der Waals surface area (Å²) in [5, 5.41) is 6.88. The van der Waals surface area contributed by atoms with Crippen LogP contribution in [0.5, 0.6) is 0 Å². The maximum atomic E-state index is 4.76. The number of hydrogen-bond acceptors (Lipinski definition) is 6. The number of rotatable bonds is 3. The number of benzene rings is 1. The monoisotopic (exact) mass is 322 g/mol. The molecule has 124 valence electrons. The zero-order chi connectivity index (χ0) is 16.5. The first-order valence-electron chi connectivity index (χ1n) is 8.41. The van der Waals surface area contributed by atoms with Gasteiger partial charge in [0.2, 0.25) is 5.95 Å². The van der Waals surface area contributed by atoms with Crippen molar-refractivity contribution in [1.82, 2.24) is 15.3 Å². The van der Waals surface area contributed by atoms with Gasteiger partial charge in [0.25, 0.3) is 0 Å². The summed E-state index contributed by atoms with van der Waals surface area (Å²) in [7, 11) is 0. The molecule has 2 N–H and O–H groups in total. The molecule has 6 nitrogen and oxygen atoms in total. The van der Waals surface area contributed by atoms with E-state index >= 15 is 0 Å². The minimum atomic E-state index is 0.455. The van der Waals surface area contributed by atoms with Crippen LogP contribution in [0.2, 0.25) is 0 Å². The molecule has 6 heteroatoms. The molecule has 2 aliphatic rings. The topological polar surface area (TPSA) is 65.4 Å². The summed E-state index contributed by atoms with van der Waals surface area (Å²) in [6, 6.07) is 6.79. The summed E-state index contributed by atoms with van der Waals surface area (Å²) < 4.78 is 0. The summed E-state index contributed by atoms with van der Waals surface area (Å²) in [6.45, 7) is 7.83. The summed E-state index contributed by atoms with van der Waals surface area (Å²) >= 11 is 0. The predicted molar refractivity (Wildman–Crippen MR) is 97.5 cm³/mol. The molecule has 1 saturated heterocycles. The number of nitrogens with one attached hydrogen (secondary N) is 2. The van der Waals surface area contributed by atoms with E-state index in [1.165, 1.54) is 11.1 Å². The number of hydrogen-bond donors (Lipinski definition) is 2. The standard InChI is InChI=1S/C18H22N6/c1-12-8-21-18(24-6-5-20-13(2)11-24)23-17(12)22-16-4-3-14-9-19-10-15(14)7-16/h3-4,7-8,10,13,20H,5-6,9,11H2,1-2H3,(H,21,22,23). The van der Waals surface area contributed by atoms with Gasteiger partial charge in [-0.1, -0.05) is 6.07 Å². The van der Waals surface area contributed by atoms with Gasteiger partial charge in [0, 0.05) is 49.3 Å². The lowest BCUT2D eigenvalue weighted by Crippen LogP contribution is -2.49. The molecule has 1 unspecified atom stereocenters. The Bertz CT molecular complexity index is 785. The molecule has 0 bridgehead atoms. The second-order valence-corrected chi connectivity index (χ2v) is 6.51. The summed E-state index contributed by atoms with van der Waals surface area (Å²) in [5.74, 6) is 1.65. The average molecular weight is 322 g/mol. The maximum absolute atomic E-state index is 4.76. The summed E-state index contributed by atoms with van der Waals surface area (Å²) in [6.07, 6.45) is 3.83. The number of piperazine rings is 1. The Morgan fingerprint density at radius 2 is 2.25 bits per heavy atom. The normalized spacial score (nSPS) is 19.4. The van der Waals surface area contributed by atoms with Crippen molar-refractivity contribution in [2.24, 2.45) is 4.99 Å². The second kappa shape index (κ2) is 6.20. The maximum Gasteiger partial charge on any atom is 0.227 e. The average Bonchev–Trinajstić information content (AvgIpc) is 3.04. The van der Waals surface area contributed by atoms with Gasteiger partial charge in [-0.2, -0.15) is 4.98 Å². The number of aryl methyl sites for hydroxylation is 1. The quantitative estimate of drug-likeness (QED) is 0.907. The Kier molecular flexibility index (Phi) is 3.90. The van der Waals surface area contributed by atoms with Crippen LogP contribution < -0.4 is 15.5 Å². The van der Waals surface area contributed by atoms with Crippen LogP contribution >= 0.6 is 0 Å². The SMILES string of the molecule is Cc1cnc(N2CCNC(C)C2)nc1Nc1ccc2c(c1)C=NC2. The first-order valence-corrected chi connectivity index (χ1v) is 8.41. The molecule has 4 rings (SSSR count). The molecular formula is C18H22N6. The molecule has 1 atom stereocenters. The third-order valence-electron chi connectivity index (χ3n) is 4.51. The minimum absolute atomic E-state index is 0.455. The van der Waals surface area contributed by atoms with Crippen molar-refractivity contribution in [3.05, 3.63) is 41.1 Å². The highest BCUT2D eigenvalue weighted by Gasteiger charge is 2.19. The van der Waals surface area contributed by atoms with Crippen LogP contribution in [-0.4, -0.2) is 41.9 Å². The zero-order valence-electron chi connectivity index (χ0n) is 14.1. The van der Waals surface area contributed by atoms with E-state index in [2.05, 4.69) is 50.6 Å². The lowest BCUT2D eigenvalue weighted by atomic mass is 10.1. The molecule has 0 radical (unpaired) electrons. The summed E-state index contributed by atoms with van der Waals surface area (Å²) in [5.41, 5.74) is 4.53. The number of anilines is 3. The van der Waals surface area contributed by atoms with Crippen molar-refractivity contribution in [2.45, 2.75) is 26.4 Å².